The average molecular weight is 386 g/mol. The molecule has 4 rings (SSSR count). The number of aryl methyl sites for hydroxylation is 1. The van der Waals surface area contributed by atoms with Crippen molar-refractivity contribution in [2.75, 3.05) is 0 Å². The van der Waals surface area contributed by atoms with E-state index in [1.54, 1.807) is 10.9 Å². The first kappa shape index (κ1) is 18.3. The molecule has 0 spiro atoms. The molecule has 0 saturated heterocycles. The maximum absolute atomic E-state index is 6.48. The second-order valence-corrected chi connectivity index (χ2v) is 6.19. The van der Waals surface area contributed by atoms with Gasteiger partial charge < -0.3 is 5.73 Å². The van der Waals surface area contributed by atoms with Gasteiger partial charge in [-0.05, 0) is 30.7 Å². The summed E-state index contributed by atoms with van der Waals surface area (Å²) in [5.74, 6) is 1.27. The van der Waals surface area contributed by atoms with E-state index in [-0.39, 0.29) is 12.4 Å². The van der Waals surface area contributed by atoms with Crippen molar-refractivity contribution in [1.29, 1.82) is 0 Å². The molecule has 0 bridgehead atoms. The van der Waals surface area contributed by atoms with E-state index < -0.39 is 6.04 Å². The van der Waals surface area contributed by atoms with Crippen LogP contribution in [0.5, 0.6) is 0 Å². The number of hydrogen-bond donors (Lipinski definition) is 1. The summed E-state index contributed by atoms with van der Waals surface area (Å²) >= 11 is 6.32. The number of hydrogen-bond acceptors (Lipinski definition) is 4. The third-order valence-corrected chi connectivity index (χ3v) is 4.44. The number of rotatable bonds is 3. The normalized spacial score (nSPS) is 12.0. The lowest BCUT2D eigenvalue weighted by Crippen LogP contribution is -2.18. The summed E-state index contributed by atoms with van der Waals surface area (Å²) in [5, 5.41) is 6.19. The molecular formula is C19H17Cl2N5. The van der Waals surface area contributed by atoms with Crippen LogP contribution in [-0.2, 0) is 0 Å². The maximum atomic E-state index is 6.48. The van der Waals surface area contributed by atoms with Gasteiger partial charge in [0, 0.05) is 16.6 Å². The van der Waals surface area contributed by atoms with Crippen molar-refractivity contribution in [2.24, 2.45) is 5.73 Å². The Morgan fingerprint density at radius 2 is 1.81 bits per heavy atom. The molecule has 0 aliphatic rings. The topological polar surface area (TPSA) is 69.6 Å². The Balaban J connectivity index is 0.00000196. The molecule has 0 unspecified atom stereocenters. The quantitative estimate of drug-likeness (QED) is 0.572. The van der Waals surface area contributed by atoms with Crippen LogP contribution in [0.3, 0.4) is 0 Å². The highest BCUT2D eigenvalue weighted by Crippen LogP contribution is 2.28. The highest BCUT2D eigenvalue weighted by molar-refractivity contribution is 6.31. The van der Waals surface area contributed by atoms with Crippen LogP contribution in [0.2, 0.25) is 5.02 Å². The van der Waals surface area contributed by atoms with Gasteiger partial charge in [0.1, 0.15) is 5.82 Å². The Morgan fingerprint density at radius 3 is 2.62 bits per heavy atom. The van der Waals surface area contributed by atoms with Gasteiger partial charge in [-0.2, -0.15) is 5.10 Å². The zero-order valence-corrected chi connectivity index (χ0v) is 15.6. The van der Waals surface area contributed by atoms with E-state index in [0.29, 0.717) is 16.7 Å². The summed E-state index contributed by atoms with van der Waals surface area (Å²) < 4.78 is 1.76. The highest BCUT2D eigenvalue weighted by atomic mass is 35.5. The van der Waals surface area contributed by atoms with Gasteiger partial charge in [-0.3, -0.25) is 4.98 Å². The van der Waals surface area contributed by atoms with Gasteiger partial charge in [-0.15, -0.1) is 12.4 Å². The van der Waals surface area contributed by atoms with Gasteiger partial charge in [0.05, 0.1) is 17.2 Å². The number of halogens is 2. The molecule has 7 heteroatoms. The molecular weight excluding hydrogens is 369 g/mol. The third-order valence-electron chi connectivity index (χ3n) is 4.10. The molecule has 5 nitrogen and oxygen atoms in total. The fraction of sp³-hybridized carbons (Fsp3) is 0.105. The monoisotopic (exact) mass is 385 g/mol. The minimum absolute atomic E-state index is 0. The molecule has 0 aliphatic heterocycles. The van der Waals surface area contributed by atoms with Crippen LogP contribution in [0.25, 0.3) is 16.6 Å². The van der Waals surface area contributed by atoms with E-state index in [0.717, 1.165) is 22.2 Å². The minimum atomic E-state index is -0.492. The van der Waals surface area contributed by atoms with Gasteiger partial charge in [-0.25, -0.2) is 9.67 Å². The van der Waals surface area contributed by atoms with Crippen LogP contribution < -0.4 is 5.73 Å². The van der Waals surface area contributed by atoms with E-state index in [9.17, 15) is 0 Å². The first-order valence-electron chi connectivity index (χ1n) is 7.93. The standard InChI is InChI=1S/C19H16ClN5.ClH/c1-12-23-19(17(21)14-8-2-3-9-15(14)20)25(24-12)16-10-4-6-13-7-5-11-22-18(13)16;/h2-11,17H,21H2,1H3;1H/t17-;/m0./s1. The molecule has 0 amide bonds. The lowest BCUT2D eigenvalue weighted by molar-refractivity contribution is 0.721. The van der Waals surface area contributed by atoms with E-state index >= 15 is 0 Å². The van der Waals surface area contributed by atoms with Gasteiger partial charge in [0.15, 0.2) is 5.82 Å². The van der Waals surface area contributed by atoms with Crippen LogP contribution in [-0.4, -0.2) is 19.7 Å². The molecule has 2 aromatic heterocycles. The van der Waals surface area contributed by atoms with Crippen molar-refractivity contribution in [1.82, 2.24) is 19.7 Å². The lowest BCUT2D eigenvalue weighted by Gasteiger charge is -2.15. The summed E-state index contributed by atoms with van der Waals surface area (Å²) in [6.07, 6.45) is 1.77. The zero-order chi connectivity index (χ0) is 17.4. The van der Waals surface area contributed by atoms with Crippen molar-refractivity contribution in [3.63, 3.8) is 0 Å². The lowest BCUT2D eigenvalue weighted by atomic mass is 10.1. The summed E-state index contributed by atoms with van der Waals surface area (Å²) in [4.78, 5) is 9.05. The van der Waals surface area contributed by atoms with Crippen LogP contribution in [0, 0.1) is 6.92 Å². The molecule has 4 aromatic rings. The number of nitrogens with two attached hydrogens (primary N) is 1. The van der Waals surface area contributed by atoms with Crippen molar-refractivity contribution in [3.05, 3.63) is 83.0 Å². The number of para-hydroxylation sites is 1. The summed E-state index contributed by atoms with van der Waals surface area (Å²) in [5.41, 5.74) is 8.99. The minimum Gasteiger partial charge on any atom is -0.318 e. The molecule has 0 saturated carbocycles. The first-order valence-corrected chi connectivity index (χ1v) is 8.30. The van der Waals surface area contributed by atoms with E-state index in [1.807, 2.05) is 61.5 Å². The summed E-state index contributed by atoms with van der Waals surface area (Å²) in [6, 6.07) is 16.9. The molecule has 132 valence electrons. The van der Waals surface area contributed by atoms with Gasteiger partial charge in [0.2, 0.25) is 0 Å². The molecule has 2 aromatic carbocycles. The van der Waals surface area contributed by atoms with Crippen LogP contribution in [0.15, 0.2) is 60.8 Å². The van der Waals surface area contributed by atoms with Gasteiger partial charge >= 0.3 is 0 Å². The number of nitrogens with zero attached hydrogens (tertiary/aromatic N) is 4. The molecule has 26 heavy (non-hydrogen) atoms. The smallest absolute Gasteiger partial charge is 0.154 e. The number of pyridine rings is 1. The fourth-order valence-electron chi connectivity index (χ4n) is 2.94. The van der Waals surface area contributed by atoms with Crippen molar-refractivity contribution >= 4 is 34.9 Å². The number of benzene rings is 2. The largest absolute Gasteiger partial charge is 0.318 e. The summed E-state index contributed by atoms with van der Waals surface area (Å²) in [7, 11) is 0. The van der Waals surface area contributed by atoms with Crippen molar-refractivity contribution in [2.45, 2.75) is 13.0 Å². The average Bonchev–Trinajstić information content (AvgIpc) is 3.02. The molecule has 2 N–H and O–H groups in total. The molecule has 0 fully saturated rings. The van der Waals surface area contributed by atoms with Gasteiger partial charge in [0.25, 0.3) is 0 Å². The van der Waals surface area contributed by atoms with Crippen LogP contribution in [0.1, 0.15) is 23.3 Å². The zero-order valence-electron chi connectivity index (χ0n) is 14.0. The second-order valence-electron chi connectivity index (χ2n) is 5.78. The predicted molar refractivity (Wildman–Crippen MR) is 106 cm³/mol. The Kier molecular flexibility index (Phi) is 5.23. The number of aromatic nitrogens is 4. The molecule has 1 atom stereocenters. The molecule has 2 heterocycles. The van der Waals surface area contributed by atoms with Crippen molar-refractivity contribution < 1.29 is 0 Å². The predicted octanol–water partition coefficient (Wildman–Crippen LogP) is 4.25. The SMILES string of the molecule is Cc1nc([C@@H](N)c2ccccc2Cl)n(-c2cccc3cccnc23)n1.Cl. The Hall–Kier alpha value is -2.47. The Morgan fingerprint density at radius 1 is 1.04 bits per heavy atom. The first-order chi connectivity index (χ1) is 12.1. The van der Waals surface area contributed by atoms with E-state index in [1.165, 1.54) is 0 Å². The Bertz CT molecular complexity index is 1060. The Labute approximate surface area is 162 Å². The maximum Gasteiger partial charge on any atom is 0.154 e. The third kappa shape index (κ3) is 3.17. The van der Waals surface area contributed by atoms with E-state index in [4.69, 9.17) is 17.3 Å². The second kappa shape index (κ2) is 7.41. The fourth-order valence-corrected chi connectivity index (χ4v) is 3.19. The highest BCUT2D eigenvalue weighted by Gasteiger charge is 2.21. The van der Waals surface area contributed by atoms with E-state index in [2.05, 4.69) is 15.1 Å². The van der Waals surface area contributed by atoms with Gasteiger partial charge in [-0.1, -0.05) is 48.0 Å². The molecule has 0 aliphatic carbocycles. The summed E-state index contributed by atoms with van der Waals surface area (Å²) in [6.45, 7) is 1.85. The van der Waals surface area contributed by atoms with Crippen LogP contribution >= 0.6 is 24.0 Å². The van der Waals surface area contributed by atoms with Crippen molar-refractivity contribution in [3.8, 4) is 5.69 Å². The molecule has 0 radical (unpaired) electrons. The van der Waals surface area contributed by atoms with Crippen LogP contribution in [0.4, 0.5) is 0 Å². The number of fused-ring (bicyclic) bond motifs is 1.